The van der Waals surface area contributed by atoms with Crippen molar-refractivity contribution < 1.29 is 14.6 Å². The van der Waals surface area contributed by atoms with Crippen LogP contribution in [0.5, 0.6) is 11.5 Å². The molecule has 1 aromatic rings. The highest BCUT2D eigenvalue weighted by Crippen LogP contribution is 2.25. The maximum Gasteiger partial charge on any atom is 0.240 e. The van der Waals surface area contributed by atoms with Crippen molar-refractivity contribution in [3.63, 3.8) is 0 Å². The summed E-state index contributed by atoms with van der Waals surface area (Å²) in [6.07, 6.45) is 6.29. The Bertz CT molecular complexity index is 458. The number of phenolic OH excluding ortho intramolecular Hbond substituents is 1. The summed E-state index contributed by atoms with van der Waals surface area (Å²) in [5, 5.41) is 13.3. The standard InChI is InChI=1S/C15H22N2O3/c1-3-4-5-6-7-15(19)17-16-11-12-8-9-13(18)14(10-12)20-2/h8-11,18H,3-7H2,1-2H3,(H,17,19)/b16-11+. The molecule has 0 saturated heterocycles. The molecule has 20 heavy (non-hydrogen) atoms. The number of ether oxygens (including phenoxy) is 1. The molecule has 5 heteroatoms. The number of benzene rings is 1. The Kier molecular flexibility index (Phi) is 7.17. The fourth-order valence-corrected chi connectivity index (χ4v) is 1.72. The zero-order chi connectivity index (χ0) is 14.8. The summed E-state index contributed by atoms with van der Waals surface area (Å²) in [4.78, 5) is 11.5. The first kappa shape index (κ1) is 16.0. The first-order valence-electron chi connectivity index (χ1n) is 6.86. The van der Waals surface area contributed by atoms with Gasteiger partial charge in [0.25, 0.3) is 0 Å². The third-order valence-corrected chi connectivity index (χ3v) is 2.86. The second-order valence-corrected chi connectivity index (χ2v) is 4.54. The average molecular weight is 278 g/mol. The van der Waals surface area contributed by atoms with Crippen molar-refractivity contribution in [1.29, 1.82) is 0 Å². The Morgan fingerprint density at radius 3 is 2.90 bits per heavy atom. The average Bonchev–Trinajstić information content (AvgIpc) is 2.45. The highest BCUT2D eigenvalue weighted by molar-refractivity contribution is 5.83. The molecule has 0 spiro atoms. The Morgan fingerprint density at radius 1 is 1.40 bits per heavy atom. The molecule has 0 saturated carbocycles. The number of methoxy groups -OCH3 is 1. The van der Waals surface area contributed by atoms with Gasteiger partial charge in [0.05, 0.1) is 13.3 Å². The molecule has 0 aliphatic rings. The third kappa shape index (κ3) is 5.73. The lowest BCUT2D eigenvalue weighted by Crippen LogP contribution is -2.16. The number of phenols is 1. The summed E-state index contributed by atoms with van der Waals surface area (Å²) >= 11 is 0. The Labute approximate surface area is 119 Å². The molecule has 5 nitrogen and oxygen atoms in total. The van der Waals surface area contributed by atoms with Gasteiger partial charge in [-0.1, -0.05) is 26.2 Å². The van der Waals surface area contributed by atoms with E-state index in [1.807, 2.05) is 0 Å². The highest BCUT2D eigenvalue weighted by Gasteiger charge is 2.01. The number of nitrogens with zero attached hydrogens (tertiary/aromatic N) is 1. The number of hydrogen-bond donors (Lipinski definition) is 2. The summed E-state index contributed by atoms with van der Waals surface area (Å²) in [6, 6.07) is 4.85. The second-order valence-electron chi connectivity index (χ2n) is 4.54. The van der Waals surface area contributed by atoms with Gasteiger partial charge in [-0.25, -0.2) is 5.43 Å². The van der Waals surface area contributed by atoms with Crippen LogP contribution in [-0.2, 0) is 4.79 Å². The van der Waals surface area contributed by atoms with Gasteiger partial charge in [0.15, 0.2) is 11.5 Å². The molecule has 0 radical (unpaired) electrons. The summed E-state index contributed by atoms with van der Waals surface area (Å²) in [5.41, 5.74) is 3.23. The quantitative estimate of drug-likeness (QED) is 0.436. The molecular weight excluding hydrogens is 256 g/mol. The van der Waals surface area contributed by atoms with E-state index >= 15 is 0 Å². The van der Waals surface area contributed by atoms with Crippen LogP contribution < -0.4 is 10.2 Å². The van der Waals surface area contributed by atoms with Crippen molar-refractivity contribution in [3.8, 4) is 11.5 Å². The molecule has 0 aromatic heterocycles. The Morgan fingerprint density at radius 2 is 2.20 bits per heavy atom. The zero-order valence-corrected chi connectivity index (χ0v) is 12.1. The molecule has 1 rings (SSSR count). The Balaban J connectivity index is 2.38. The molecule has 0 atom stereocenters. The molecule has 0 unspecified atom stereocenters. The SMILES string of the molecule is CCCCCCC(=O)N/N=C/c1ccc(O)c(OC)c1. The minimum absolute atomic E-state index is 0.0737. The fraction of sp³-hybridized carbons (Fsp3) is 0.467. The van der Waals surface area contributed by atoms with Crippen molar-refractivity contribution in [2.45, 2.75) is 39.0 Å². The minimum Gasteiger partial charge on any atom is -0.504 e. The summed E-state index contributed by atoms with van der Waals surface area (Å²) in [6.45, 7) is 2.14. The molecule has 0 aliphatic heterocycles. The van der Waals surface area contributed by atoms with E-state index in [1.165, 1.54) is 19.4 Å². The summed E-state index contributed by atoms with van der Waals surface area (Å²) in [5.74, 6) is 0.368. The first-order chi connectivity index (χ1) is 9.67. The van der Waals surface area contributed by atoms with Crippen LogP contribution in [-0.4, -0.2) is 24.3 Å². The number of unbranched alkanes of at least 4 members (excludes halogenated alkanes) is 3. The van der Waals surface area contributed by atoms with Gasteiger partial charge in [0, 0.05) is 6.42 Å². The van der Waals surface area contributed by atoms with Crippen LogP contribution in [0, 0.1) is 0 Å². The minimum atomic E-state index is -0.0805. The molecule has 1 amide bonds. The van der Waals surface area contributed by atoms with Crippen LogP contribution in [0.15, 0.2) is 23.3 Å². The van der Waals surface area contributed by atoms with Gasteiger partial charge in [-0.05, 0) is 30.2 Å². The van der Waals surface area contributed by atoms with Crippen LogP contribution >= 0.6 is 0 Å². The van der Waals surface area contributed by atoms with Crippen LogP contribution in [0.4, 0.5) is 0 Å². The van der Waals surface area contributed by atoms with E-state index in [0.717, 1.165) is 31.2 Å². The number of hydrazone groups is 1. The molecule has 1 aromatic carbocycles. The number of carbonyl (C=O) groups excluding carboxylic acids is 1. The van der Waals surface area contributed by atoms with Crippen molar-refractivity contribution in [1.82, 2.24) is 5.43 Å². The number of nitrogens with one attached hydrogen (secondary N) is 1. The molecule has 110 valence electrons. The van der Waals surface area contributed by atoms with E-state index in [0.29, 0.717) is 12.2 Å². The number of aromatic hydroxyl groups is 1. The van der Waals surface area contributed by atoms with Gasteiger partial charge >= 0.3 is 0 Å². The van der Waals surface area contributed by atoms with Gasteiger partial charge in [-0.2, -0.15) is 5.10 Å². The van der Waals surface area contributed by atoms with Gasteiger partial charge < -0.3 is 9.84 Å². The number of amides is 1. The van der Waals surface area contributed by atoms with E-state index in [4.69, 9.17) is 4.74 Å². The van der Waals surface area contributed by atoms with Crippen LogP contribution in [0.3, 0.4) is 0 Å². The molecule has 0 aliphatic carbocycles. The number of hydrogen-bond acceptors (Lipinski definition) is 4. The van der Waals surface area contributed by atoms with E-state index in [2.05, 4.69) is 17.5 Å². The Hall–Kier alpha value is -2.04. The summed E-state index contributed by atoms with van der Waals surface area (Å²) in [7, 11) is 1.48. The van der Waals surface area contributed by atoms with E-state index < -0.39 is 0 Å². The maximum atomic E-state index is 11.5. The molecule has 2 N–H and O–H groups in total. The van der Waals surface area contributed by atoms with Crippen LogP contribution in [0.1, 0.15) is 44.6 Å². The predicted molar refractivity (Wildman–Crippen MR) is 79.2 cm³/mol. The largest absolute Gasteiger partial charge is 0.504 e. The van der Waals surface area contributed by atoms with Crippen molar-refractivity contribution in [2.24, 2.45) is 5.10 Å². The highest BCUT2D eigenvalue weighted by atomic mass is 16.5. The predicted octanol–water partition coefficient (Wildman–Crippen LogP) is 2.82. The van der Waals surface area contributed by atoms with Crippen molar-refractivity contribution >= 4 is 12.1 Å². The molecule has 0 bridgehead atoms. The number of carbonyl (C=O) groups is 1. The van der Waals surface area contributed by atoms with Crippen LogP contribution in [0.25, 0.3) is 0 Å². The summed E-state index contributed by atoms with van der Waals surface area (Å²) < 4.78 is 4.99. The van der Waals surface area contributed by atoms with Gasteiger partial charge in [-0.15, -0.1) is 0 Å². The van der Waals surface area contributed by atoms with Crippen molar-refractivity contribution in [3.05, 3.63) is 23.8 Å². The second kappa shape index (κ2) is 8.96. The topological polar surface area (TPSA) is 70.9 Å². The lowest BCUT2D eigenvalue weighted by molar-refractivity contribution is -0.121. The number of rotatable bonds is 8. The fourth-order valence-electron chi connectivity index (χ4n) is 1.72. The zero-order valence-electron chi connectivity index (χ0n) is 12.1. The van der Waals surface area contributed by atoms with Crippen molar-refractivity contribution in [2.75, 3.05) is 7.11 Å². The van der Waals surface area contributed by atoms with Gasteiger partial charge in [-0.3, -0.25) is 4.79 Å². The molecule has 0 heterocycles. The van der Waals surface area contributed by atoms with Gasteiger partial charge in [0.1, 0.15) is 0 Å². The maximum absolute atomic E-state index is 11.5. The van der Waals surface area contributed by atoms with E-state index in [9.17, 15) is 9.90 Å². The molecule has 0 fully saturated rings. The first-order valence-corrected chi connectivity index (χ1v) is 6.86. The normalized spacial score (nSPS) is 10.7. The monoisotopic (exact) mass is 278 g/mol. The molecular formula is C15H22N2O3. The van der Waals surface area contributed by atoms with Gasteiger partial charge in [0.2, 0.25) is 5.91 Å². The van der Waals surface area contributed by atoms with Crippen LogP contribution in [0.2, 0.25) is 0 Å². The third-order valence-electron chi connectivity index (χ3n) is 2.86. The lowest BCUT2D eigenvalue weighted by atomic mass is 10.1. The van der Waals surface area contributed by atoms with E-state index in [1.54, 1.807) is 12.1 Å². The van der Waals surface area contributed by atoms with E-state index in [-0.39, 0.29) is 11.7 Å². The lowest BCUT2D eigenvalue weighted by Gasteiger charge is -2.03. The smallest absolute Gasteiger partial charge is 0.240 e.